The van der Waals surface area contributed by atoms with E-state index in [9.17, 15) is 50.0 Å². The quantitative estimate of drug-likeness (QED) is 0.0214. The van der Waals surface area contributed by atoms with E-state index in [-0.39, 0.29) is 63.8 Å². The highest BCUT2D eigenvalue weighted by molar-refractivity contribution is 7.92. The summed E-state index contributed by atoms with van der Waals surface area (Å²) in [5.74, 6) is -0.301. The first-order valence-corrected chi connectivity index (χ1v) is 53.4. The third-order valence-electron chi connectivity index (χ3n) is 24.7. The van der Waals surface area contributed by atoms with Gasteiger partial charge in [-0.15, -0.1) is 82.2 Å². The highest BCUT2D eigenvalue weighted by atomic mass is 35.5. The minimum Gasteiger partial charge on any atom is -0.491 e. The normalized spacial score (nSPS) is 13.7. The molecule has 752 valence electrons. The first kappa shape index (κ1) is 106. The van der Waals surface area contributed by atoms with Crippen LogP contribution < -0.4 is 59.4 Å². The number of ether oxygens (including phenoxy) is 2. The number of thiophene rings is 5. The number of likely N-dealkylation sites (tertiary alicyclic amines) is 2. The van der Waals surface area contributed by atoms with Crippen LogP contribution in [0.2, 0.25) is 5.02 Å². The highest BCUT2D eigenvalue weighted by Gasteiger charge is 2.35. The number of carbonyl (C=O) groups excluding carboxylic acids is 6. The van der Waals surface area contributed by atoms with Gasteiger partial charge < -0.3 is 73.8 Å². The maximum atomic E-state index is 13.3. The summed E-state index contributed by atoms with van der Waals surface area (Å²) in [6.07, 6.45) is 6.93. The Morgan fingerprint density at radius 2 is 0.840 bits per heavy atom. The molecule has 15 N–H and O–H groups in total. The molecule has 0 saturated carbocycles. The summed E-state index contributed by atoms with van der Waals surface area (Å²) in [6.45, 7) is 23.8. The van der Waals surface area contributed by atoms with Crippen LogP contribution in [-0.4, -0.2) is 187 Å². The lowest BCUT2D eigenvalue weighted by atomic mass is 10.1. The average molecular weight is 2100 g/mol. The molecule has 2 aliphatic heterocycles. The number of rotatable bonds is 27. The van der Waals surface area contributed by atoms with Crippen LogP contribution in [0.1, 0.15) is 159 Å². The predicted octanol–water partition coefficient (Wildman–Crippen LogP) is 15.1. The highest BCUT2D eigenvalue weighted by Crippen LogP contribution is 2.41. The van der Waals surface area contributed by atoms with Crippen molar-refractivity contribution in [3.63, 3.8) is 0 Å². The molecule has 2 aliphatic rings. The fraction of sp³-hybridized carbons (Fsp3) is 0.300. The molecule has 0 aliphatic carbocycles. The second kappa shape index (κ2) is 46.7. The summed E-state index contributed by atoms with van der Waals surface area (Å²) < 4.78 is 77.5. The Morgan fingerprint density at radius 3 is 1.27 bits per heavy atom. The van der Waals surface area contributed by atoms with Crippen molar-refractivity contribution in [2.45, 2.75) is 150 Å². The number of hydrogen-bond acceptors (Lipinski definition) is 32. The zero-order valence-corrected chi connectivity index (χ0v) is 87.5. The van der Waals surface area contributed by atoms with Crippen LogP contribution in [0.25, 0.3) is 56.8 Å². The van der Waals surface area contributed by atoms with Crippen molar-refractivity contribution in [1.29, 1.82) is 0 Å². The number of methoxy groups -OCH3 is 1. The zero-order valence-electron chi connectivity index (χ0n) is 81.0. The number of alkyl halides is 1. The molecule has 3 unspecified atom stereocenters. The van der Waals surface area contributed by atoms with E-state index in [0.717, 1.165) is 136 Å². The number of nitrogens with one attached hydrogen (secondary N) is 5. The Morgan fingerprint density at radius 1 is 0.458 bits per heavy atom. The van der Waals surface area contributed by atoms with Crippen molar-refractivity contribution in [2.75, 3.05) is 80.9 Å². The van der Waals surface area contributed by atoms with Gasteiger partial charge in [0.25, 0.3) is 29.5 Å². The molecule has 0 radical (unpaired) electrons. The van der Waals surface area contributed by atoms with Crippen LogP contribution in [0, 0.1) is 69.2 Å². The Kier molecular flexibility index (Phi) is 34.4. The third kappa shape index (κ3) is 24.8. The number of sulfone groups is 1. The molecule has 0 spiro atoms. The molecule has 6 amide bonds. The van der Waals surface area contributed by atoms with Gasteiger partial charge in [-0.05, 0) is 206 Å². The van der Waals surface area contributed by atoms with E-state index in [4.69, 9.17) is 49.7 Å². The molecular weight excluding hydrogens is 1990 g/mol. The zero-order chi connectivity index (χ0) is 103. The molecule has 18 rings (SSSR count). The van der Waals surface area contributed by atoms with Crippen LogP contribution in [0.5, 0.6) is 5.75 Å². The van der Waals surface area contributed by atoms with Crippen molar-refractivity contribution < 1.29 is 59.5 Å². The van der Waals surface area contributed by atoms with E-state index in [1.807, 2.05) is 212 Å². The molecule has 13 heterocycles. The Bertz CT molecular complexity index is 7710. The molecule has 16 aromatic rings. The van der Waals surface area contributed by atoms with Gasteiger partial charge in [0, 0.05) is 110 Å². The van der Waals surface area contributed by atoms with Crippen molar-refractivity contribution in [3.8, 4) is 11.4 Å². The van der Waals surface area contributed by atoms with Crippen LogP contribution in [0.3, 0.4) is 0 Å². The van der Waals surface area contributed by atoms with Crippen molar-refractivity contribution in [3.05, 3.63) is 265 Å². The van der Waals surface area contributed by atoms with Gasteiger partial charge in [-0.25, -0.2) is 25.9 Å². The van der Waals surface area contributed by atoms with E-state index < -0.39 is 31.3 Å². The lowest BCUT2D eigenvalue weighted by Crippen LogP contribution is -2.39. The summed E-state index contributed by atoms with van der Waals surface area (Å²) in [7, 11) is -5.92. The third-order valence-corrected chi connectivity index (χ3v) is 33.9. The number of sulfonamides is 1. The number of benzene rings is 5. The number of carbonyl (C=O) groups is 6. The number of aryl methyl sites for hydroxylation is 11. The Hall–Kier alpha value is -13.8. The number of anilines is 5. The number of nitrogens with zero attached hydrogens (tertiary/aromatic N) is 13. The van der Waals surface area contributed by atoms with Crippen LogP contribution in [0.4, 0.5) is 32.8 Å². The summed E-state index contributed by atoms with van der Waals surface area (Å²) in [5.41, 5.74) is 45.6. The predicted molar refractivity (Wildman–Crippen MR) is 567 cm³/mol. The van der Waals surface area contributed by atoms with Crippen molar-refractivity contribution in [2.24, 2.45) is 0 Å². The number of halogens is 2. The summed E-state index contributed by atoms with van der Waals surface area (Å²) >= 11 is 12.2. The Balaban J connectivity index is 0.000000143. The fourth-order valence-corrected chi connectivity index (χ4v) is 23.9. The number of amides is 6. The van der Waals surface area contributed by atoms with Gasteiger partial charge in [-0.2, -0.15) is 25.5 Å². The van der Waals surface area contributed by atoms with Crippen LogP contribution >= 0.6 is 68.3 Å². The van der Waals surface area contributed by atoms with Crippen molar-refractivity contribution >= 4 is 203 Å². The summed E-state index contributed by atoms with van der Waals surface area (Å²) in [5, 5.41) is 56.7. The van der Waals surface area contributed by atoms with E-state index in [0.29, 0.717) is 166 Å². The van der Waals surface area contributed by atoms with Gasteiger partial charge in [0.05, 0.1) is 85.6 Å². The molecule has 35 nitrogen and oxygen atoms in total. The molecule has 0 bridgehead atoms. The van der Waals surface area contributed by atoms with Gasteiger partial charge in [-0.1, -0.05) is 103 Å². The SMILES string of the molecule is COCCOc1ccc(CNC(=O)c2sc3nnc(C)c(C)c3c2N)cc1.Cc1nnc2sc(C(=O)N3CCC(NS(=O)(=O)CCCc4ccccc4)C3)c(N)c2c1C.Cc1nnc2sc(C(=O)NC3CCN(C(=O)Cc4ccccc4)C3)c(N)c2c1C.Cc1nnc2sc(C(=O)NCc3ccc(-n4cccc4)cc3)c(N)c2c1C.Cc1nnc2sc(C(=O)NCc3ccc(S(=O)(=O)C(C)F)c(Cl)c3)c(N)c2c1C. The van der Waals surface area contributed by atoms with Gasteiger partial charge in [0.15, 0.2) is 0 Å². The molecular formula is C100H109ClFN23O12S7. The molecule has 2 fully saturated rings. The molecule has 11 aromatic heterocycles. The lowest BCUT2D eigenvalue weighted by Gasteiger charge is -2.17. The number of fused-ring (bicyclic) bond motifs is 5. The van der Waals surface area contributed by atoms with Gasteiger partial charge in [0.1, 0.15) is 60.9 Å². The average Bonchev–Trinajstić information content (AvgIpc) is 1.63. The largest absolute Gasteiger partial charge is 0.491 e. The molecule has 3 atom stereocenters. The maximum Gasteiger partial charge on any atom is 0.266 e. The summed E-state index contributed by atoms with van der Waals surface area (Å²) in [6, 6.07) is 42.8. The minimum absolute atomic E-state index is 0.0624. The van der Waals surface area contributed by atoms with Crippen LogP contribution in [-0.2, 0) is 61.9 Å². The number of nitrogens with two attached hydrogens (primary N) is 5. The van der Waals surface area contributed by atoms with Gasteiger partial charge in [0.2, 0.25) is 31.3 Å². The standard InChI is InChI=1S/C22H27N5O3S2.C21H23N5O2S.C20H19N5OS.C19H22N4O3S.C18H18ClFN4O3S2/c1-14-15(2)24-25-21-18(14)19(23)20(31-21)22(28)27-11-10-17(13-27)26-32(29,30)12-6-9-16-7-4-3-5-8-16;1-12-13(2)24-25-21-17(12)18(22)19(29-21)20(28)23-15-8-9-26(11-15)16(27)10-14-6-4-3-5-7-14;1-12-13(2)23-24-20-16(12)17(21)18(27-20)19(26)22-11-14-5-7-15(8-6-14)25-9-3-4-10-25;1-11-12(2)22-23-19-15(11)16(20)17(27-19)18(24)21-10-13-4-6-14(7-5-13)26-9-8-25-3;1-8-9(2)23-24-18-14(8)15(21)16(28-18)17(25)22-7-11-4-5-13(12(19)6-11)29(26,27)10(3)20/h3-5,7-8,17,26H,6,9-13,23H2,1-2H3;3-7,15H,8-11,22H2,1-2H3,(H,23,28);3-10H,11,21H2,1-2H3,(H,22,26);4-7H,8-10,20H2,1-3H3,(H,21,24);4-6,10H,7,21H2,1-3H3,(H,22,25). The number of nitrogen functional groups attached to an aromatic ring is 5. The molecule has 2 saturated heterocycles. The summed E-state index contributed by atoms with van der Waals surface area (Å²) in [4.78, 5) is 84.9. The number of aromatic nitrogens is 11. The smallest absolute Gasteiger partial charge is 0.266 e. The molecule has 5 aromatic carbocycles. The van der Waals surface area contributed by atoms with Gasteiger partial charge in [-0.3, -0.25) is 28.8 Å². The second-order valence-electron chi connectivity index (χ2n) is 34.5. The fourth-order valence-electron chi connectivity index (χ4n) is 16.0. The van der Waals surface area contributed by atoms with E-state index >= 15 is 0 Å². The van der Waals surface area contributed by atoms with E-state index in [1.54, 1.807) is 12.0 Å². The first-order chi connectivity index (χ1) is 68.8. The monoisotopic (exact) mass is 2100 g/mol. The van der Waals surface area contributed by atoms with E-state index in [1.165, 1.54) is 63.5 Å². The number of hydrogen-bond donors (Lipinski definition) is 10. The van der Waals surface area contributed by atoms with E-state index in [2.05, 4.69) is 77.0 Å². The Labute approximate surface area is 855 Å². The maximum absolute atomic E-state index is 13.3. The van der Waals surface area contributed by atoms with Gasteiger partial charge >= 0.3 is 0 Å². The van der Waals surface area contributed by atoms with Crippen LogP contribution in [0.15, 0.2) is 157 Å². The van der Waals surface area contributed by atoms with Crippen molar-refractivity contribution in [1.82, 2.24) is 91.3 Å². The topological polar surface area (TPSA) is 520 Å². The first-order valence-electron chi connectivity index (χ1n) is 45.8. The molecule has 144 heavy (non-hydrogen) atoms. The molecule has 44 heteroatoms. The second-order valence-corrected chi connectivity index (χ2v) is 44.0. The minimum atomic E-state index is -4.14. The lowest BCUT2D eigenvalue weighted by molar-refractivity contribution is -0.129.